The summed E-state index contributed by atoms with van der Waals surface area (Å²) < 4.78 is 0. The maximum absolute atomic E-state index is 11.0. The predicted molar refractivity (Wildman–Crippen MR) is 82.7 cm³/mol. The molecular formula is C14H30BN2O3. The Hall–Kier alpha value is -0.585. The van der Waals surface area contributed by atoms with Crippen LogP contribution in [0.5, 0.6) is 0 Å². The maximum atomic E-state index is 11.0. The van der Waals surface area contributed by atoms with E-state index in [1.54, 1.807) is 0 Å². The normalized spacial score (nSPS) is 25.5. The second-order valence-electron chi connectivity index (χ2n) is 6.11. The first-order chi connectivity index (χ1) is 9.25. The number of rotatable bonds is 6. The van der Waals surface area contributed by atoms with Gasteiger partial charge in [0, 0.05) is 6.04 Å². The quantitative estimate of drug-likeness (QED) is 0.506. The van der Waals surface area contributed by atoms with E-state index < -0.39 is 11.5 Å². The van der Waals surface area contributed by atoms with Crippen LogP contribution >= 0.6 is 0 Å². The lowest BCUT2D eigenvalue weighted by Gasteiger charge is -2.26. The summed E-state index contributed by atoms with van der Waals surface area (Å²) in [7, 11) is 5.27. The molecule has 1 saturated carbocycles. The molecule has 2 unspecified atom stereocenters. The molecule has 0 amide bonds. The van der Waals surface area contributed by atoms with Crippen LogP contribution in [0.25, 0.3) is 0 Å². The fourth-order valence-corrected chi connectivity index (χ4v) is 2.24. The van der Waals surface area contributed by atoms with Crippen LogP contribution in [0.2, 0.25) is 6.32 Å². The average molecular weight is 285 g/mol. The lowest BCUT2D eigenvalue weighted by molar-refractivity contribution is -0.144. The molecule has 0 aliphatic heterocycles. The molecule has 1 radical (unpaired) electrons. The fraction of sp³-hybridized carbons (Fsp3) is 0.929. The molecule has 1 aliphatic rings. The van der Waals surface area contributed by atoms with Crippen molar-refractivity contribution in [1.82, 2.24) is 4.90 Å². The molecule has 0 saturated heterocycles. The topological polar surface area (TPSA) is 86.8 Å². The van der Waals surface area contributed by atoms with Gasteiger partial charge in [0.25, 0.3) is 7.48 Å². The van der Waals surface area contributed by atoms with Crippen molar-refractivity contribution >= 4 is 13.5 Å². The SMILES string of the molecule is CC(C)N(C)C.NC1(C(=O)O)CCCC1CCC[B]O. The number of carboxylic acids is 1. The minimum atomic E-state index is -1.02. The number of nitrogens with two attached hydrogens (primary N) is 1. The van der Waals surface area contributed by atoms with E-state index in [1.807, 2.05) is 0 Å². The average Bonchev–Trinajstić information content (AvgIpc) is 2.73. The lowest BCUT2D eigenvalue weighted by atomic mass is 9.82. The van der Waals surface area contributed by atoms with Gasteiger partial charge in [-0.15, -0.1) is 0 Å². The first-order valence-corrected chi connectivity index (χ1v) is 7.40. The minimum absolute atomic E-state index is 0.0694. The second kappa shape index (κ2) is 9.37. The van der Waals surface area contributed by atoms with Crippen molar-refractivity contribution in [3.8, 4) is 0 Å². The van der Waals surface area contributed by atoms with Crippen LogP contribution in [0, 0.1) is 5.92 Å². The second-order valence-corrected chi connectivity index (χ2v) is 6.11. The van der Waals surface area contributed by atoms with Crippen molar-refractivity contribution in [1.29, 1.82) is 0 Å². The van der Waals surface area contributed by atoms with Crippen molar-refractivity contribution < 1.29 is 14.9 Å². The molecule has 1 rings (SSSR count). The van der Waals surface area contributed by atoms with Gasteiger partial charge in [0.05, 0.1) is 0 Å². The van der Waals surface area contributed by atoms with Gasteiger partial charge in [-0.1, -0.05) is 19.2 Å². The molecule has 117 valence electrons. The smallest absolute Gasteiger partial charge is 0.323 e. The highest BCUT2D eigenvalue weighted by atomic mass is 16.4. The molecule has 2 atom stereocenters. The van der Waals surface area contributed by atoms with Crippen LogP contribution in [-0.2, 0) is 4.79 Å². The molecule has 0 spiro atoms. The van der Waals surface area contributed by atoms with Gasteiger partial charge in [-0.05, 0) is 53.1 Å². The summed E-state index contributed by atoms with van der Waals surface area (Å²) in [4.78, 5) is 13.2. The highest BCUT2D eigenvalue weighted by Crippen LogP contribution is 2.37. The number of hydrogen-bond donors (Lipinski definition) is 3. The summed E-state index contributed by atoms with van der Waals surface area (Å²) in [5, 5.41) is 17.5. The van der Waals surface area contributed by atoms with Crippen LogP contribution in [0.15, 0.2) is 0 Å². The summed E-state index contributed by atoms with van der Waals surface area (Å²) in [6, 6.07) is 0.685. The van der Waals surface area contributed by atoms with Gasteiger partial charge in [-0.25, -0.2) is 0 Å². The summed E-state index contributed by atoms with van der Waals surface area (Å²) in [6.45, 7) is 4.33. The lowest BCUT2D eigenvalue weighted by Crippen LogP contribution is -2.50. The molecule has 0 aromatic carbocycles. The van der Waals surface area contributed by atoms with Crippen LogP contribution in [0.3, 0.4) is 0 Å². The Kier molecular flexibility index (Phi) is 9.10. The first-order valence-electron chi connectivity index (χ1n) is 7.40. The monoisotopic (exact) mass is 285 g/mol. The number of nitrogens with zero attached hydrogens (tertiary/aromatic N) is 1. The van der Waals surface area contributed by atoms with Gasteiger partial charge in [0.15, 0.2) is 0 Å². The van der Waals surface area contributed by atoms with Crippen LogP contribution < -0.4 is 5.73 Å². The molecule has 1 fully saturated rings. The van der Waals surface area contributed by atoms with Crippen molar-refractivity contribution in [2.45, 2.75) is 63.9 Å². The third-order valence-corrected chi connectivity index (χ3v) is 4.19. The predicted octanol–water partition coefficient (Wildman–Crippen LogP) is 1.33. The zero-order chi connectivity index (χ0) is 15.8. The van der Waals surface area contributed by atoms with E-state index in [9.17, 15) is 4.79 Å². The van der Waals surface area contributed by atoms with Crippen molar-refractivity contribution in [2.75, 3.05) is 14.1 Å². The number of hydrogen-bond acceptors (Lipinski definition) is 4. The van der Waals surface area contributed by atoms with E-state index in [4.69, 9.17) is 15.9 Å². The zero-order valence-corrected chi connectivity index (χ0v) is 13.3. The Morgan fingerprint density at radius 3 is 2.45 bits per heavy atom. The first kappa shape index (κ1) is 19.4. The van der Waals surface area contributed by atoms with Gasteiger partial charge in [-0.2, -0.15) is 0 Å². The standard InChI is InChI=1S/C9H17BNO3.C5H13N/c11-9(8(12)13)5-1-3-7(9)4-2-6-10-14;1-5(2)6(3)4/h7,14H,1-6,11H2,(H,12,13);5H,1-4H3. The Morgan fingerprint density at radius 1 is 1.50 bits per heavy atom. The van der Waals surface area contributed by atoms with Crippen molar-refractivity contribution in [2.24, 2.45) is 11.7 Å². The zero-order valence-electron chi connectivity index (χ0n) is 13.3. The van der Waals surface area contributed by atoms with Gasteiger partial charge in [-0.3, -0.25) is 4.79 Å². The minimum Gasteiger partial charge on any atom is -0.480 e. The molecule has 5 nitrogen and oxygen atoms in total. The van der Waals surface area contributed by atoms with E-state index in [0.29, 0.717) is 18.8 Å². The van der Waals surface area contributed by atoms with E-state index >= 15 is 0 Å². The van der Waals surface area contributed by atoms with E-state index in [1.165, 1.54) is 0 Å². The Morgan fingerprint density at radius 2 is 2.05 bits per heavy atom. The van der Waals surface area contributed by atoms with Crippen LogP contribution in [0.4, 0.5) is 0 Å². The van der Waals surface area contributed by atoms with E-state index in [-0.39, 0.29) is 5.92 Å². The van der Waals surface area contributed by atoms with Crippen molar-refractivity contribution in [3.05, 3.63) is 0 Å². The molecule has 4 N–H and O–H groups in total. The summed E-state index contributed by atoms with van der Waals surface area (Å²) >= 11 is 0. The van der Waals surface area contributed by atoms with Gasteiger partial charge in [0.2, 0.25) is 0 Å². The summed E-state index contributed by atoms with van der Waals surface area (Å²) in [5.74, 6) is -0.812. The summed E-state index contributed by atoms with van der Waals surface area (Å²) in [6.07, 6.45) is 4.60. The number of carbonyl (C=O) groups is 1. The molecule has 0 bridgehead atoms. The van der Waals surface area contributed by atoms with Crippen LogP contribution in [0.1, 0.15) is 46.0 Å². The van der Waals surface area contributed by atoms with Gasteiger partial charge in [0.1, 0.15) is 5.54 Å². The Balaban J connectivity index is 0.000000511. The molecule has 1 aliphatic carbocycles. The highest BCUT2D eigenvalue weighted by molar-refractivity contribution is 6.25. The molecule has 0 heterocycles. The Labute approximate surface area is 123 Å². The van der Waals surface area contributed by atoms with Gasteiger partial charge < -0.3 is 20.8 Å². The largest absolute Gasteiger partial charge is 0.480 e. The van der Waals surface area contributed by atoms with E-state index in [0.717, 1.165) is 33.2 Å². The highest BCUT2D eigenvalue weighted by Gasteiger charge is 2.45. The summed E-state index contributed by atoms with van der Waals surface area (Å²) in [5.41, 5.74) is 4.84. The number of aliphatic carboxylic acids is 1. The number of carboxylic acid groups (broad SMARTS) is 1. The maximum Gasteiger partial charge on any atom is 0.323 e. The Bertz CT molecular complexity index is 282. The molecule has 0 aromatic rings. The molecule has 6 heteroatoms. The van der Waals surface area contributed by atoms with Gasteiger partial charge >= 0.3 is 5.97 Å². The fourth-order valence-electron chi connectivity index (χ4n) is 2.24. The van der Waals surface area contributed by atoms with Crippen molar-refractivity contribution in [3.63, 3.8) is 0 Å². The molecule has 20 heavy (non-hydrogen) atoms. The third kappa shape index (κ3) is 6.24. The third-order valence-electron chi connectivity index (χ3n) is 4.19. The van der Waals surface area contributed by atoms with E-state index in [2.05, 4.69) is 32.8 Å². The van der Waals surface area contributed by atoms with Crippen LogP contribution in [-0.4, -0.2) is 54.2 Å². The molecule has 0 aromatic heterocycles. The molecular weight excluding hydrogens is 255 g/mol.